The quantitative estimate of drug-likeness (QED) is 0.662. The highest BCUT2D eigenvalue weighted by molar-refractivity contribution is 5.81. The second kappa shape index (κ2) is 6.33. The molecule has 1 unspecified atom stereocenters. The van der Waals surface area contributed by atoms with Crippen molar-refractivity contribution in [2.45, 2.75) is 44.6 Å². The number of hydrogen-bond acceptors (Lipinski definition) is 3. The Hall–Kier alpha value is -1.45. The maximum Gasteiger partial charge on any atom is 0.0704 e. The van der Waals surface area contributed by atoms with Crippen LogP contribution in [0.4, 0.5) is 0 Å². The van der Waals surface area contributed by atoms with Gasteiger partial charge in [0, 0.05) is 17.6 Å². The highest BCUT2D eigenvalue weighted by atomic mass is 15.2. The molecule has 3 rings (SSSR count). The van der Waals surface area contributed by atoms with Crippen LogP contribution in [0.3, 0.4) is 0 Å². The maximum atomic E-state index is 5.83. The van der Waals surface area contributed by atoms with Crippen molar-refractivity contribution in [1.29, 1.82) is 0 Å². The molecule has 3 heteroatoms. The van der Waals surface area contributed by atoms with E-state index in [1.54, 1.807) is 0 Å². The third-order valence-electron chi connectivity index (χ3n) is 4.61. The van der Waals surface area contributed by atoms with Gasteiger partial charge >= 0.3 is 0 Å². The molecule has 0 saturated heterocycles. The van der Waals surface area contributed by atoms with Gasteiger partial charge in [0.15, 0.2) is 0 Å². The van der Waals surface area contributed by atoms with E-state index in [0.717, 1.165) is 11.9 Å². The van der Waals surface area contributed by atoms with Crippen LogP contribution in [0, 0.1) is 5.92 Å². The molecule has 1 aromatic carbocycles. The predicted molar refractivity (Wildman–Crippen MR) is 83.1 cm³/mol. The molecule has 0 bridgehead atoms. The Labute approximate surface area is 120 Å². The molecule has 0 amide bonds. The van der Waals surface area contributed by atoms with Gasteiger partial charge in [0.05, 0.1) is 5.52 Å². The fraction of sp³-hybridized carbons (Fsp3) is 0.471. The number of pyridine rings is 1. The molecular formula is C17H23N3. The molecule has 20 heavy (non-hydrogen) atoms. The number of rotatable bonds is 4. The highest BCUT2D eigenvalue weighted by Gasteiger charge is 2.23. The zero-order valence-corrected chi connectivity index (χ0v) is 11.9. The van der Waals surface area contributed by atoms with E-state index < -0.39 is 0 Å². The summed E-state index contributed by atoms with van der Waals surface area (Å²) in [4.78, 5) is 4.44. The van der Waals surface area contributed by atoms with Crippen molar-refractivity contribution in [1.82, 2.24) is 10.4 Å². The van der Waals surface area contributed by atoms with Gasteiger partial charge in [-0.2, -0.15) is 0 Å². The number of hydrazine groups is 1. The minimum Gasteiger partial charge on any atom is -0.271 e. The van der Waals surface area contributed by atoms with E-state index in [1.807, 2.05) is 12.3 Å². The topological polar surface area (TPSA) is 50.9 Å². The van der Waals surface area contributed by atoms with Crippen LogP contribution in [0.15, 0.2) is 36.5 Å². The average Bonchev–Trinajstić information content (AvgIpc) is 2.53. The molecule has 2 aromatic rings. The number of nitrogens with zero attached hydrogens (tertiary/aromatic N) is 1. The molecule has 0 aliphatic heterocycles. The Bertz CT molecular complexity index is 556. The van der Waals surface area contributed by atoms with Crippen LogP contribution in [-0.4, -0.2) is 11.0 Å². The minimum absolute atomic E-state index is 0.376. The highest BCUT2D eigenvalue weighted by Crippen LogP contribution is 2.28. The van der Waals surface area contributed by atoms with Crippen molar-refractivity contribution in [2.75, 3.05) is 0 Å². The SMILES string of the molecule is NNC(Cc1ccnc2ccccc12)C1CCCCC1. The van der Waals surface area contributed by atoms with Crippen LogP contribution in [-0.2, 0) is 6.42 Å². The van der Waals surface area contributed by atoms with Crippen LogP contribution >= 0.6 is 0 Å². The smallest absolute Gasteiger partial charge is 0.0704 e. The summed E-state index contributed by atoms with van der Waals surface area (Å²) >= 11 is 0. The first-order valence-electron chi connectivity index (χ1n) is 7.67. The van der Waals surface area contributed by atoms with Crippen molar-refractivity contribution in [3.05, 3.63) is 42.1 Å². The molecule has 1 aromatic heterocycles. The van der Waals surface area contributed by atoms with E-state index in [0.29, 0.717) is 12.0 Å². The second-order valence-electron chi connectivity index (χ2n) is 5.86. The van der Waals surface area contributed by atoms with E-state index in [9.17, 15) is 0 Å². The van der Waals surface area contributed by atoms with Crippen molar-refractivity contribution in [3.8, 4) is 0 Å². The lowest BCUT2D eigenvalue weighted by Gasteiger charge is -2.30. The molecule has 0 radical (unpaired) electrons. The van der Waals surface area contributed by atoms with Gasteiger partial charge in [0.2, 0.25) is 0 Å². The molecule has 3 nitrogen and oxygen atoms in total. The number of aromatic nitrogens is 1. The Balaban J connectivity index is 1.83. The van der Waals surface area contributed by atoms with Crippen LogP contribution in [0.1, 0.15) is 37.7 Å². The normalized spacial score (nSPS) is 18.2. The summed E-state index contributed by atoms with van der Waals surface area (Å²) in [5.74, 6) is 6.54. The van der Waals surface area contributed by atoms with E-state index >= 15 is 0 Å². The van der Waals surface area contributed by atoms with Crippen molar-refractivity contribution >= 4 is 10.9 Å². The molecule has 3 N–H and O–H groups in total. The Morgan fingerprint density at radius 2 is 1.95 bits per heavy atom. The summed E-state index contributed by atoms with van der Waals surface area (Å²) in [6.07, 6.45) is 9.58. The van der Waals surface area contributed by atoms with Crippen LogP contribution in [0.5, 0.6) is 0 Å². The average molecular weight is 269 g/mol. The Morgan fingerprint density at radius 1 is 1.15 bits per heavy atom. The first kappa shape index (κ1) is 13.5. The second-order valence-corrected chi connectivity index (χ2v) is 5.86. The number of nitrogens with two attached hydrogens (primary N) is 1. The zero-order valence-electron chi connectivity index (χ0n) is 11.9. The fourth-order valence-corrected chi connectivity index (χ4v) is 3.47. The third-order valence-corrected chi connectivity index (χ3v) is 4.61. The van der Waals surface area contributed by atoms with Gasteiger partial charge in [-0.15, -0.1) is 0 Å². The summed E-state index contributed by atoms with van der Waals surface area (Å²) in [6, 6.07) is 10.9. The first-order valence-corrected chi connectivity index (χ1v) is 7.67. The van der Waals surface area contributed by atoms with Crippen molar-refractivity contribution in [3.63, 3.8) is 0 Å². The summed E-state index contributed by atoms with van der Waals surface area (Å²) < 4.78 is 0. The molecule has 1 heterocycles. The molecule has 1 fully saturated rings. The zero-order chi connectivity index (χ0) is 13.8. The number of hydrogen-bond donors (Lipinski definition) is 2. The molecule has 0 spiro atoms. The van der Waals surface area contributed by atoms with E-state index in [1.165, 1.54) is 43.1 Å². The van der Waals surface area contributed by atoms with Gasteiger partial charge in [-0.05, 0) is 42.9 Å². The van der Waals surface area contributed by atoms with Crippen LogP contribution in [0.2, 0.25) is 0 Å². The van der Waals surface area contributed by atoms with Gasteiger partial charge in [-0.25, -0.2) is 0 Å². The van der Waals surface area contributed by atoms with Crippen molar-refractivity contribution < 1.29 is 0 Å². The molecular weight excluding hydrogens is 246 g/mol. The van der Waals surface area contributed by atoms with Gasteiger partial charge in [0.25, 0.3) is 0 Å². The van der Waals surface area contributed by atoms with Crippen LogP contribution in [0.25, 0.3) is 10.9 Å². The monoisotopic (exact) mass is 269 g/mol. The lowest BCUT2D eigenvalue weighted by atomic mass is 9.81. The van der Waals surface area contributed by atoms with Gasteiger partial charge in [-0.3, -0.25) is 16.3 Å². The fourth-order valence-electron chi connectivity index (χ4n) is 3.47. The van der Waals surface area contributed by atoms with Crippen molar-refractivity contribution in [2.24, 2.45) is 11.8 Å². The number of nitrogens with one attached hydrogen (secondary N) is 1. The molecule has 106 valence electrons. The maximum absolute atomic E-state index is 5.83. The summed E-state index contributed by atoms with van der Waals surface area (Å²) in [5.41, 5.74) is 5.49. The largest absolute Gasteiger partial charge is 0.271 e. The van der Waals surface area contributed by atoms with Gasteiger partial charge in [0.1, 0.15) is 0 Å². The first-order chi connectivity index (χ1) is 9.88. The number of para-hydroxylation sites is 1. The third kappa shape index (κ3) is 2.84. The summed E-state index contributed by atoms with van der Waals surface area (Å²) in [5, 5.41) is 1.26. The lowest BCUT2D eigenvalue weighted by molar-refractivity contribution is 0.269. The standard InChI is InChI=1S/C17H23N3/c18-20-17(13-6-2-1-3-7-13)12-14-10-11-19-16-9-5-4-8-15(14)16/h4-5,8-11,13,17,20H,1-3,6-7,12,18H2. The van der Waals surface area contributed by atoms with E-state index in [-0.39, 0.29) is 0 Å². The Kier molecular flexibility index (Phi) is 4.28. The Morgan fingerprint density at radius 3 is 2.75 bits per heavy atom. The molecule has 1 atom stereocenters. The van der Waals surface area contributed by atoms with Crippen LogP contribution < -0.4 is 11.3 Å². The van der Waals surface area contributed by atoms with Gasteiger partial charge in [-0.1, -0.05) is 37.5 Å². The number of benzene rings is 1. The van der Waals surface area contributed by atoms with E-state index in [4.69, 9.17) is 5.84 Å². The minimum atomic E-state index is 0.376. The molecule has 1 saturated carbocycles. The molecule has 1 aliphatic rings. The predicted octanol–water partition coefficient (Wildman–Crippen LogP) is 3.19. The lowest BCUT2D eigenvalue weighted by Crippen LogP contribution is -2.43. The molecule has 1 aliphatic carbocycles. The summed E-state index contributed by atoms with van der Waals surface area (Å²) in [6.45, 7) is 0. The van der Waals surface area contributed by atoms with Gasteiger partial charge < -0.3 is 0 Å². The number of fused-ring (bicyclic) bond motifs is 1. The summed E-state index contributed by atoms with van der Waals surface area (Å²) in [7, 11) is 0. The van der Waals surface area contributed by atoms with E-state index in [2.05, 4.69) is 34.7 Å².